The topological polar surface area (TPSA) is 33.3 Å². The van der Waals surface area contributed by atoms with Gasteiger partial charge in [0.1, 0.15) is 12.4 Å². The molecule has 2 rings (SSSR count). The monoisotopic (exact) mass is 348 g/mol. The van der Waals surface area contributed by atoms with Crippen LogP contribution in [0.3, 0.4) is 0 Å². The van der Waals surface area contributed by atoms with Gasteiger partial charge in [-0.15, -0.1) is 0 Å². The Morgan fingerprint density at radius 3 is 2.52 bits per heavy atom. The summed E-state index contributed by atoms with van der Waals surface area (Å²) in [6, 6.07) is 15.5. The Kier molecular flexibility index (Phi) is 6.68. The van der Waals surface area contributed by atoms with E-state index >= 15 is 0 Å². The number of nitrogens with one attached hydrogen (secondary N) is 2. The molecule has 0 aliphatic carbocycles. The summed E-state index contributed by atoms with van der Waals surface area (Å²) in [7, 11) is 0. The molecule has 0 unspecified atom stereocenters. The lowest BCUT2D eigenvalue weighted by molar-refractivity contribution is 0.318. The summed E-state index contributed by atoms with van der Waals surface area (Å²) in [5, 5.41) is 7.49. The first-order valence-electron chi connectivity index (χ1n) is 7.58. The second kappa shape index (κ2) is 8.75. The molecule has 2 N–H and O–H groups in total. The fourth-order valence-electron chi connectivity index (χ4n) is 2.12. The largest absolute Gasteiger partial charge is 0.491 e. The minimum Gasteiger partial charge on any atom is -0.491 e. The van der Waals surface area contributed by atoms with E-state index in [4.69, 9.17) is 28.6 Å². The summed E-state index contributed by atoms with van der Waals surface area (Å²) < 4.78 is 5.85. The zero-order valence-corrected chi connectivity index (χ0v) is 14.9. The number of ether oxygens (including phenoxy) is 1. The molecule has 0 saturated heterocycles. The number of para-hydroxylation sites is 1. The molecular weight excluding hydrogens is 328 g/mol. The van der Waals surface area contributed by atoms with Gasteiger partial charge in [0.15, 0.2) is 5.11 Å². The van der Waals surface area contributed by atoms with Gasteiger partial charge in [0.05, 0.1) is 6.54 Å². The Balaban J connectivity index is 1.75. The van der Waals surface area contributed by atoms with Crippen molar-refractivity contribution in [3.63, 3.8) is 0 Å². The third-order valence-corrected chi connectivity index (χ3v) is 3.79. The van der Waals surface area contributed by atoms with Gasteiger partial charge in [-0.25, -0.2) is 0 Å². The van der Waals surface area contributed by atoms with Crippen LogP contribution in [0.5, 0.6) is 5.75 Å². The van der Waals surface area contributed by atoms with E-state index in [0.29, 0.717) is 29.2 Å². The number of rotatable bonds is 6. The van der Waals surface area contributed by atoms with Crippen molar-refractivity contribution in [1.82, 2.24) is 5.32 Å². The highest BCUT2D eigenvalue weighted by Crippen LogP contribution is 2.25. The summed E-state index contributed by atoms with van der Waals surface area (Å²) in [4.78, 5) is 0. The van der Waals surface area contributed by atoms with E-state index in [9.17, 15) is 0 Å². The summed E-state index contributed by atoms with van der Waals surface area (Å²) >= 11 is 11.1. The van der Waals surface area contributed by atoms with Gasteiger partial charge in [-0.05, 0) is 54.0 Å². The van der Waals surface area contributed by atoms with Gasteiger partial charge in [-0.3, -0.25) is 0 Å². The minimum atomic E-state index is 0.437. The molecule has 0 aromatic heterocycles. The third-order valence-electron chi connectivity index (χ3n) is 3.29. The van der Waals surface area contributed by atoms with E-state index in [2.05, 4.69) is 30.5 Å². The van der Waals surface area contributed by atoms with E-state index in [1.807, 2.05) is 42.5 Å². The number of benzene rings is 2. The zero-order chi connectivity index (χ0) is 16.7. The average molecular weight is 349 g/mol. The Morgan fingerprint density at radius 1 is 1.13 bits per heavy atom. The van der Waals surface area contributed by atoms with Gasteiger partial charge in [-0.2, -0.15) is 0 Å². The Labute approximate surface area is 148 Å². The van der Waals surface area contributed by atoms with E-state index in [1.165, 1.54) is 5.56 Å². The fourth-order valence-corrected chi connectivity index (χ4v) is 2.47. The predicted octanol–water partition coefficient (Wildman–Crippen LogP) is 4.83. The Morgan fingerprint density at radius 2 is 1.83 bits per heavy atom. The molecule has 2 aromatic carbocycles. The van der Waals surface area contributed by atoms with Gasteiger partial charge in [0.2, 0.25) is 0 Å². The molecule has 0 atom stereocenters. The second-order valence-electron chi connectivity index (χ2n) is 5.43. The number of halogens is 1. The molecule has 0 aliphatic heterocycles. The molecular formula is C18H21ClN2OS. The smallest absolute Gasteiger partial charge is 0.170 e. The van der Waals surface area contributed by atoms with Crippen LogP contribution in [-0.4, -0.2) is 18.3 Å². The van der Waals surface area contributed by atoms with Crippen LogP contribution in [0.25, 0.3) is 0 Å². The van der Waals surface area contributed by atoms with E-state index in [1.54, 1.807) is 0 Å². The molecule has 23 heavy (non-hydrogen) atoms. The summed E-state index contributed by atoms with van der Waals surface area (Å²) in [5.74, 6) is 1.37. The van der Waals surface area contributed by atoms with Crippen molar-refractivity contribution in [1.29, 1.82) is 0 Å². The van der Waals surface area contributed by atoms with Crippen molar-refractivity contribution in [3.05, 3.63) is 59.1 Å². The van der Waals surface area contributed by atoms with Gasteiger partial charge in [-0.1, -0.05) is 43.6 Å². The highest BCUT2D eigenvalue weighted by atomic mass is 35.5. The van der Waals surface area contributed by atoms with E-state index in [-0.39, 0.29) is 0 Å². The average Bonchev–Trinajstić information content (AvgIpc) is 2.54. The SMILES string of the molecule is CC(C)c1ccccc1OCCNC(=S)Nc1ccc(Cl)cc1. The van der Waals surface area contributed by atoms with Crippen LogP contribution in [0.15, 0.2) is 48.5 Å². The van der Waals surface area contributed by atoms with Crippen molar-refractivity contribution in [2.75, 3.05) is 18.5 Å². The van der Waals surface area contributed by atoms with Crippen molar-refractivity contribution < 1.29 is 4.74 Å². The molecule has 0 saturated carbocycles. The molecule has 0 spiro atoms. The van der Waals surface area contributed by atoms with Gasteiger partial charge in [0.25, 0.3) is 0 Å². The molecule has 3 nitrogen and oxygen atoms in total. The molecule has 2 aromatic rings. The molecule has 0 bridgehead atoms. The lowest BCUT2D eigenvalue weighted by atomic mass is 10.0. The number of hydrogen-bond donors (Lipinski definition) is 2. The molecule has 0 fully saturated rings. The lowest BCUT2D eigenvalue weighted by Crippen LogP contribution is -2.32. The van der Waals surface area contributed by atoms with Crippen molar-refractivity contribution in [3.8, 4) is 5.75 Å². The molecule has 0 heterocycles. The first-order valence-corrected chi connectivity index (χ1v) is 8.37. The molecule has 0 aliphatic rings. The second-order valence-corrected chi connectivity index (χ2v) is 6.27. The van der Waals surface area contributed by atoms with Crippen molar-refractivity contribution >= 4 is 34.6 Å². The first kappa shape index (κ1) is 17.6. The van der Waals surface area contributed by atoms with Crippen LogP contribution in [0.1, 0.15) is 25.3 Å². The van der Waals surface area contributed by atoms with E-state index < -0.39 is 0 Å². The Hall–Kier alpha value is -1.78. The van der Waals surface area contributed by atoms with Crippen molar-refractivity contribution in [2.24, 2.45) is 0 Å². The first-order chi connectivity index (χ1) is 11.1. The maximum atomic E-state index is 5.85. The van der Waals surface area contributed by atoms with Crippen LogP contribution in [0, 0.1) is 0 Å². The van der Waals surface area contributed by atoms with Gasteiger partial charge in [0, 0.05) is 10.7 Å². The summed E-state index contributed by atoms with van der Waals surface area (Å²) in [6.45, 7) is 5.50. The van der Waals surface area contributed by atoms with Crippen LogP contribution in [0.2, 0.25) is 5.02 Å². The maximum absolute atomic E-state index is 5.85. The van der Waals surface area contributed by atoms with Crippen molar-refractivity contribution in [2.45, 2.75) is 19.8 Å². The number of thiocarbonyl (C=S) groups is 1. The molecule has 5 heteroatoms. The zero-order valence-electron chi connectivity index (χ0n) is 13.3. The minimum absolute atomic E-state index is 0.437. The van der Waals surface area contributed by atoms with E-state index in [0.717, 1.165) is 11.4 Å². The van der Waals surface area contributed by atoms with Crippen LogP contribution < -0.4 is 15.4 Å². The molecule has 0 radical (unpaired) electrons. The standard InChI is InChI=1S/C18H21ClN2OS/c1-13(2)16-5-3-4-6-17(16)22-12-11-20-18(23)21-15-9-7-14(19)8-10-15/h3-10,13H,11-12H2,1-2H3,(H2,20,21,23). The lowest BCUT2D eigenvalue weighted by Gasteiger charge is -2.15. The normalized spacial score (nSPS) is 10.4. The maximum Gasteiger partial charge on any atom is 0.170 e. The number of hydrogen-bond acceptors (Lipinski definition) is 2. The number of anilines is 1. The molecule has 0 amide bonds. The van der Waals surface area contributed by atoms with Crippen LogP contribution >= 0.6 is 23.8 Å². The van der Waals surface area contributed by atoms with Gasteiger partial charge < -0.3 is 15.4 Å². The van der Waals surface area contributed by atoms with Gasteiger partial charge >= 0.3 is 0 Å². The fraction of sp³-hybridized carbons (Fsp3) is 0.278. The highest BCUT2D eigenvalue weighted by molar-refractivity contribution is 7.80. The Bertz CT molecular complexity index is 644. The third kappa shape index (κ3) is 5.73. The highest BCUT2D eigenvalue weighted by Gasteiger charge is 2.06. The summed E-state index contributed by atoms with van der Waals surface area (Å²) in [5.41, 5.74) is 2.12. The quantitative estimate of drug-likeness (QED) is 0.578. The van der Waals surface area contributed by atoms with Crippen LogP contribution in [-0.2, 0) is 0 Å². The molecule has 122 valence electrons. The predicted molar refractivity (Wildman–Crippen MR) is 102 cm³/mol. The summed E-state index contributed by atoms with van der Waals surface area (Å²) in [6.07, 6.45) is 0. The van der Waals surface area contributed by atoms with Crippen LogP contribution in [0.4, 0.5) is 5.69 Å².